The number of rotatable bonds is 8. The van der Waals surface area contributed by atoms with E-state index in [0.717, 1.165) is 36.0 Å². The van der Waals surface area contributed by atoms with Crippen molar-refractivity contribution < 1.29 is 9.18 Å². The molecule has 9 heteroatoms. The van der Waals surface area contributed by atoms with Gasteiger partial charge in [-0.2, -0.15) is 0 Å². The first-order chi connectivity index (χ1) is 15.9. The molecular formula is C24H29FN6OS. The predicted octanol–water partition coefficient (Wildman–Crippen LogP) is 4.36. The molecular weight excluding hydrogens is 439 g/mol. The smallest absolute Gasteiger partial charge is 0.234 e. The minimum absolute atomic E-state index is 0.0157. The van der Waals surface area contributed by atoms with E-state index in [-0.39, 0.29) is 23.5 Å². The van der Waals surface area contributed by atoms with E-state index < -0.39 is 0 Å². The number of halogens is 1. The van der Waals surface area contributed by atoms with Crippen LogP contribution in [0.15, 0.2) is 53.7 Å². The molecule has 7 nitrogen and oxygen atoms in total. The summed E-state index contributed by atoms with van der Waals surface area (Å²) in [5.74, 6) is 0.500. The number of hydrogen-bond acceptors (Lipinski definition) is 6. The number of nitrogens with zero attached hydrogens (tertiary/aromatic N) is 5. The van der Waals surface area contributed by atoms with Crippen LogP contribution in [-0.4, -0.2) is 58.5 Å². The van der Waals surface area contributed by atoms with Crippen LogP contribution in [0.25, 0.3) is 5.69 Å². The molecule has 0 saturated carbocycles. The Balaban J connectivity index is 1.52. The van der Waals surface area contributed by atoms with E-state index in [2.05, 4.69) is 20.4 Å². The van der Waals surface area contributed by atoms with Gasteiger partial charge in [-0.15, -0.1) is 10.2 Å². The molecule has 174 valence electrons. The first kappa shape index (κ1) is 23.3. The Morgan fingerprint density at radius 3 is 2.52 bits per heavy atom. The van der Waals surface area contributed by atoms with E-state index >= 15 is 0 Å². The standard InChI is InChI=1S/C24H29FN6OS/c1-17(29(2)3)23-27-28-24(31(23)19-12-10-18(25)11-13-19)33-16-22(32)26-20-8-4-5-9-21(20)30-14-6-7-15-30/h4-5,8-13,17H,6-7,14-16H2,1-3H3,(H,26,32)/t17-/m1/s1. The van der Waals surface area contributed by atoms with Gasteiger partial charge in [-0.1, -0.05) is 23.9 Å². The van der Waals surface area contributed by atoms with Gasteiger partial charge in [0, 0.05) is 18.8 Å². The van der Waals surface area contributed by atoms with Crippen LogP contribution in [0.4, 0.5) is 15.8 Å². The topological polar surface area (TPSA) is 66.3 Å². The number of nitrogens with one attached hydrogen (secondary N) is 1. The average Bonchev–Trinajstić information content (AvgIpc) is 3.48. The van der Waals surface area contributed by atoms with E-state index in [1.54, 1.807) is 12.1 Å². The SMILES string of the molecule is C[C@H](c1nnc(SCC(=O)Nc2ccccc2N2CCCC2)n1-c1ccc(F)cc1)N(C)C. The zero-order chi connectivity index (χ0) is 23.4. The largest absolute Gasteiger partial charge is 0.370 e. The summed E-state index contributed by atoms with van der Waals surface area (Å²) in [6.45, 7) is 4.05. The third-order valence-corrected chi connectivity index (χ3v) is 6.78. The molecule has 1 N–H and O–H groups in total. The number of thioether (sulfide) groups is 1. The molecule has 1 aliphatic rings. The molecule has 0 bridgehead atoms. The number of hydrogen-bond donors (Lipinski definition) is 1. The lowest BCUT2D eigenvalue weighted by molar-refractivity contribution is -0.113. The Kier molecular flexibility index (Phi) is 7.29. The lowest BCUT2D eigenvalue weighted by Gasteiger charge is -2.21. The van der Waals surface area contributed by atoms with Crippen molar-refractivity contribution >= 4 is 29.0 Å². The normalized spacial score (nSPS) is 14.6. The summed E-state index contributed by atoms with van der Waals surface area (Å²) in [6, 6.07) is 14.1. The molecule has 2 heterocycles. The molecule has 0 aliphatic carbocycles. The van der Waals surface area contributed by atoms with Gasteiger partial charge in [0.25, 0.3) is 0 Å². The zero-order valence-electron chi connectivity index (χ0n) is 19.2. The molecule has 4 rings (SSSR count). The average molecular weight is 469 g/mol. The summed E-state index contributed by atoms with van der Waals surface area (Å²) >= 11 is 1.31. The van der Waals surface area contributed by atoms with Gasteiger partial charge >= 0.3 is 0 Å². The number of amides is 1. The number of carbonyl (C=O) groups excluding carboxylic acids is 1. The van der Waals surface area contributed by atoms with Crippen LogP contribution in [0.5, 0.6) is 0 Å². The highest BCUT2D eigenvalue weighted by Crippen LogP contribution is 2.30. The molecule has 33 heavy (non-hydrogen) atoms. The minimum atomic E-state index is -0.306. The van der Waals surface area contributed by atoms with Crippen molar-refractivity contribution in [3.63, 3.8) is 0 Å². The van der Waals surface area contributed by atoms with Crippen LogP contribution in [0, 0.1) is 5.82 Å². The van der Waals surface area contributed by atoms with Crippen LogP contribution in [0.2, 0.25) is 0 Å². The maximum atomic E-state index is 13.5. The number of benzene rings is 2. The van der Waals surface area contributed by atoms with Crippen LogP contribution in [0.3, 0.4) is 0 Å². The van der Waals surface area contributed by atoms with Crippen LogP contribution in [-0.2, 0) is 4.79 Å². The van der Waals surface area contributed by atoms with Crippen molar-refractivity contribution in [2.45, 2.75) is 31.0 Å². The number of anilines is 2. The third kappa shape index (κ3) is 5.36. The van der Waals surface area contributed by atoms with Gasteiger partial charge in [0.05, 0.1) is 23.2 Å². The lowest BCUT2D eigenvalue weighted by atomic mass is 10.2. The number of para-hydroxylation sites is 2. The Morgan fingerprint density at radius 1 is 1.12 bits per heavy atom. The molecule has 1 aromatic heterocycles. The van der Waals surface area contributed by atoms with Crippen LogP contribution < -0.4 is 10.2 Å². The van der Waals surface area contributed by atoms with Gasteiger partial charge in [-0.25, -0.2) is 4.39 Å². The molecule has 0 unspecified atom stereocenters. The molecule has 0 radical (unpaired) electrons. The quantitative estimate of drug-likeness (QED) is 0.496. The minimum Gasteiger partial charge on any atom is -0.370 e. The Bertz CT molecular complexity index is 1090. The van der Waals surface area contributed by atoms with E-state index in [0.29, 0.717) is 5.16 Å². The Morgan fingerprint density at radius 2 is 1.82 bits per heavy atom. The molecule has 3 aromatic rings. The van der Waals surface area contributed by atoms with Gasteiger partial charge in [0.15, 0.2) is 11.0 Å². The highest BCUT2D eigenvalue weighted by atomic mass is 32.2. The van der Waals surface area contributed by atoms with Crippen molar-refractivity contribution in [1.29, 1.82) is 0 Å². The van der Waals surface area contributed by atoms with Gasteiger partial charge in [0.1, 0.15) is 5.82 Å². The van der Waals surface area contributed by atoms with E-state index in [4.69, 9.17) is 0 Å². The highest BCUT2D eigenvalue weighted by Gasteiger charge is 2.22. The van der Waals surface area contributed by atoms with Gasteiger partial charge in [-0.05, 0) is 70.3 Å². The molecule has 0 spiro atoms. The van der Waals surface area contributed by atoms with Gasteiger partial charge in [-0.3, -0.25) is 14.3 Å². The summed E-state index contributed by atoms with van der Waals surface area (Å²) in [5, 5.41) is 12.4. The number of carbonyl (C=O) groups is 1. The van der Waals surface area contributed by atoms with Crippen LogP contribution >= 0.6 is 11.8 Å². The molecule has 1 atom stereocenters. The predicted molar refractivity (Wildman–Crippen MR) is 131 cm³/mol. The maximum absolute atomic E-state index is 13.5. The molecule has 1 amide bonds. The van der Waals surface area contributed by atoms with E-state index in [1.165, 1.54) is 36.7 Å². The highest BCUT2D eigenvalue weighted by molar-refractivity contribution is 7.99. The second-order valence-corrected chi connectivity index (χ2v) is 9.28. The molecule has 2 aromatic carbocycles. The summed E-state index contributed by atoms with van der Waals surface area (Å²) in [5.41, 5.74) is 2.64. The molecule has 1 saturated heterocycles. The fourth-order valence-corrected chi connectivity index (χ4v) is 4.60. The zero-order valence-corrected chi connectivity index (χ0v) is 20.0. The third-order valence-electron chi connectivity index (χ3n) is 5.85. The van der Waals surface area contributed by atoms with Gasteiger partial charge < -0.3 is 10.2 Å². The van der Waals surface area contributed by atoms with Crippen LogP contribution in [0.1, 0.15) is 31.6 Å². The van der Waals surface area contributed by atoms with Crippen molar-refractivity contribution in [3.05, 3.63) is 60.2 Å². The van der Waals surface area contributed by atoms with E-state index in [1.807, 2.05) is 54.8 Å². The second kappa shape index (κ2) is 10.4. The van der Waals surface area contributed by atoms with Crippen molar-refractivity contribution in [2.24, 2.45) is 0 Å². The monoisotopic (exact) mass is 468 g/mol. The first-order valence-corrected chi connectivity index (χ1v) is 12.1. The van der Waals surface area contributed by atoms with E-state index in [9.17, 15) is 9.18 Å². The Labute approximate surface area is 198 Å². The molecule has 1 aliphatic heterocycles. The summed E-state index contributed by atoms with van der Waals surface area (Å²) < 4.78 is 15.4. The Hall–Kier alpha value is -2.91. The molecule has 1 fully saturated rings. The summed E-state index contributed by atoms with van der Waals surface area (Å²) in [4.78, 5) is 17.2. The fourth-order valence-electron chi connectivity index (χ4n) is 3.84. The summed E-state index contributed by atoms with van der Waals surface area (Å²) in [6.07, 6.45) is 2.34. The van der Waals surface area contributed by atoms with Crippen molar-refractivity contribution in [1.82, 2.24) is 19.7 Å². The van der Waals surface area contributed by atoms with Crippen molar-refractivity contribution in [2.75, 3.05) is 43.2 Å². The second-order valence-electron chi connectivity index (χ2n) is 8.34. The number of aromatic nitrogens is 3. The van der Waals surface area contributed by atoms with Crippen molar-refractivity contribution in [3.8, 4) is 5.69 Å². The fraction of sp³-hybridized carbons (Fsp3) is 0.375. The maximum Gasteiger partial charge on any atom is 0.234 e. The lowest BCUT2D eigenvalue weighted by Crippen LogP contribution is -2.22. The summed E-state index contributed by atoms with van der Waals surface area (Å²) in [7, 11) is 3.93. The van der Waals surface area contributed by atoms with Gasteiger partial charge in [0.2, 0.25) is 5.91 Å². The first-order valence-electron chi connectivity index (χ1n) is 11.1.